The Bertz CT molecular complexity index is 1110. The summed E-state index contributed by atoms with van der Waals surface area (Å²) in [7, 11) is 0. The number of aromatic nitrogens is 2. The van der Waals surface area contributed by atoms with E-state index in [0.29, 0.717) is 23.1 Å². The molecule has 1 heterocycles. The Kier molecular flexibility index (Phi) is 5.30. The van der Waals surface area contributed by atoms with E-state index in [9.17, 15) is 9.59 Å². The number of aryl methyl sites for hydroxylation is 1. The van der Waals surface area contributed by atoms with Gasteiger partial charge in [-0.3, -0.25) is 9.59 Å². The molecule has 0 aliphatic heterocycles. The Balaban J connectivity index is 1.59. The van der Waals surface area contributed by atoms with Gasteiger partial charge in [-0.15, -0.1) is 0 Å². The average molecular weight is 402 g/mol. The molecule has 0 radical (unpaired) electrons. The fourth-order valence-electron chi connectivity index (χ4n) is 3.61. The number of carbonyl (C=O) groups is 2. The molecule has 5 N–H and O–H groups in total. The van der Waals surface area contributed by atoms with Gasteiger partial charge in [0.05, 0.1) is 11.6 Å². The topological polar surface area (TPSA) is 122 Å². The lowest BCUT2D eigenvalue weighted by Gasteiger charge is -2.17. The Morgan fingerprint density at radius 1 is 1.10 bits per heavy atom. The molecule has 30 heavy (non-hydrogen) atoms. The minimum Gasteiger partial charge on any atom is -0.365 e. The molecule has 0 spiro atoms. The fraction of sp³-hybridized carbons (Fsp3) is 0.182. The van der Waals surface area contributed by atoms with Gasteiger partial charge in [-0.2, -0.15) is 4.98 Å². The molecule has 2 amide bonds. The Labute approximate surface area is 173 Å². The van der Waals surface area contributed by atoms with E-state index in [1.807, 2.05) is 18.2 Å². The summed E-state index contributed by atoms with van der Waals surface area (Å²) in [5.41, 5.74) is 9.61. The van der Waals surface area contributed by atoms with Crippen LogP contribution in [0.25, 0.3) is 0 Å². The molecule has 2 aromatic carbocycles. The molecule has 8 nitrogen and oxygen atoms in total. The Morgan fingerprint density at radius 3 is 2.70 bits per heavy atom. The van der Waals surface area contributed by atoms with Gasteiger partial charge in [0.15, 0.2) is 0 Å². The third kappa shape index (κ3) is 4.22. The molecular weight excluding hydrogens is 380 g/mol. The molecule has 4 rings (SSSR count). The van der Waals surface area contributed by atoms with Crippen LogP contribution in [0.5, 0.6) is 0 Å². The first kappa shape index (κ1) is 19.4. The highest BCUT2D eigenvalue weighted by Crippen LogP contribution is 2.34. The molecule has 1 aliphatic carbocycles. The molecule has 1 aliphatic rings. The van der Waals surface area contributed by atoms with Crippen LogP contribution in [0.3, 0.4) is 0 Å². The first-order valence-corrected chi connectivity index (χ1v) is 9.65. The van der Waals surface area contributed by atoms with E-state index >= 15 is 0 Å². The molecule has 1 unspecified atom stereocenters. The van der Waals surface area contributed by atoms with Crippen LogP contribution < -0.4 is 21.7 Å². The summed E-state index contributed by atoms with van der Waals surface area (Å²) in [4.78, 5) is 31.9. The predicted molar refractivity (Wildman–Crippen MR) is 116 cm³/mol. The minimum atomic E-state index is -0.594. The number of nitrogens with one attached hydrogen (secondary N) is 3. The van der Waals surface area contributed by atoms with E-state index in [1.165, 1.54) is 24.2 Å². The summed E-state index contributed by atoms with van der Waals surface area (Å²) in [5.74, 6) is -0.0472. The van der Waals surface area contributed by atoms with Crippen LogP contribution in [-0.2, 0) is 11.2 Å². The van der Waals surface area contributed by atoms with E-state index in [2.05, 4.69) is 38.1 Å². The molecule has 1 atom stereocenters. The zero-order chi connectivity index (χ0) is 21.1. The summed E-state index contributed by atoms with van der Waals surface area (Å²) in [5, 5.41) is 9.19. The third-order valence-corrected chi connectivity index (χ3v) is 4.94. The van der Waals surface area contributed by atoms with E-state index in [-0.39, 0.29) is 17.5 Å². The lowest BCUT2D eigenvalue weighted by Crippen LogP contribution is -2.18. The van der Waals surface area contributed by atoms with Gasteiger partial charge in [0.1, 0.15) is 5.82 Å². The van der Waals surface area contributed by atoms with Crippen LogP contribution in [0, 0.1) is 0 Å². The lowest BCUT2D eigenvalue weighted by atomic mass is 10.1. The second kappa shape index (κ2) is 8.20. The molecule has 0 fully saturated rings. The van der Waals surface area contributed by atoms with Gasteiger partial charge in [-0.05, 0) is 42.2 Å². The van der Waals surface area contributed by atoms with Crippen LogP contribution in [-0.4, -0.2) is 21.8 Å². The number of anilines is 4. The van der Waals surface area contributed by atoms with Crippen molar-refractivity contribution < 1.29 is 9.59 Å². The standard InChI is InChI=1S/C22H22N6O2/c1-13(29)25-15-6-4-7-16(11-15)26-22-24-12-18(20(23)30)21(28-22)27-19-10-9-14-5-2-3-8-17(14)19/h2-8,11-12,19H,9-10H2,1H3,(H2,23,30)(H,25,29)(H2,24,26,27,28). The van der Waals surface area contributed by atoms with Crippen molar-refractivity contribution in [1.29, 1.82) is 0 Å². The zero-order valence-corrected chi connectivity index (χ0v) is 16.5. The normalized spacial score (nSPS) is 14.6. The molecule has 1 aromatic heterocycles. The average Bonchev–Trinajstić information content (AvgIpc) is 3.11. The number of amides is 2. The highest BCUT2D eigenvalue weighted by molar-refractivity contribution is 5.97. The molecule has 0 bridgehead atoms. The van der Waals surface area contributed by atoms with Crippen molar-refractivity contribution in [3.05, 3.63) is 71.4 Å². The maximum absolute atomic E-state index is 11.9. The highest BCUT2D eigenvalue weighted by Gasteiger charge is 2.24. The lowest BCUT2D eigenvalue weighted by molar-refractivity contribution is -0.114. The van der Waals surface area contributed by atoms with Crippen LogP contribution in [0.2, 0.25) is 0 Å². The van der Waals surface area contributed by atoms with Gasteiger partial charge in [-0.25, -0.2) is 4.98 Å². The minimum absolute atomic E-state index is 0.0464. The van der Waals surface area contributed by atoms with Crippen LogP contribution in [0.15, 0.2) is 54.7 Å². The number of nitrogens with two attached hydrogens (primary N) is 1. The number of hydrogen-bond acceptors (Lipinski definition) is 6. The predicted octanol–water partition coefficient (Wildman–Crippen LogP) is 3.38. The first-order valence-electron chi connectivity index (χ1n) is 9.65. The molecular formula is C22H22N6O2. The van der Waals surface area contributed by atoms with Crippen molar-refractivity contribution in [2.45, 2.75) is 25.8 Å². The van der Waals surface area contributed by atoms with E-state index < -0.39 is 5.91 Å². The van der Waals surface area contributed by atoms with Gasteiger partial charge in [0.25, 0.3) is 5.91 Å². The second-order valence-electron chi connectivity index (χ2n) is 7.14. The number of benzene rings is 2. The van der Waals surface area contributed by atoms with Gasteiger partial charge >= 0.3 is 0 Å². The number of rotatable bonds is 6. The van der Waals surface area contributed by atoms with Crippen molar-refractivity contribution >= 4 is 35.0 Å². The van der Waals surface area contributed by atoms with Gasteiger partial charge < -0.3 is 21.7 Å². The molecule has 152 valence electrons. The van der Waals surface area contributed by atoms with Crippen LogP contribution in [0.1, 0.15) is 40.9 Å². The summed E-state index contributed by atoms with van der Waals surface area (Å²) in [6.07, 6.45) is 3.29. The fourth-order valence-corrected chi connectivity index (χ4v) is 3.61. The van der Waals surface area contributed by atoms with Gasteiger partial charge in [0.2, 0.25) is 11.9 Å². The van der Waals surface area contributed by atoms with Crippen molar-refractivity contribution in [3.63, 3.8) is 0 Å². The number of hydrogen-bond donors (Lipinski definition) is 4. The second-order valence-corrected chi connectivity index (χ2v) is 7.14. The van der Waals surface area contributed by atoms with Gasteiger partial charge in [-0.1, -0.05) is 30.3 Å². The number of fused-ring (bicyclic) bond motifs is 1. The number of primary amides is 1. The molecule has 3 aromatic rings. The number of nitrogens with zero attached hydrogens (tertiary/aromatic N) is 2. The summed E-state index contributed by atoms with van der Waals surface area (Å²) < 4.78 is 0. The van der Waals surface area contributed by atoms with E-state index in [1.54, 1.807) is 18.2 Å². The molecule has 0 saturated carbocycles. The quantitative estimate of drug-likeness (QED) is 0.501. The SMILES string of the molecule is CC(=O)Nc1cccc(Nc2ncc(C(N)=O)c(NC3CCc4ccccc43)n2)c1. The third-order valence-electron chi connectivity index (χ3n) is 4.94. The first-order chi connectivity index (χ1) is 14.5. The Hall–Kier alpha value is -3.94. The van der Waals surface area contributed by atoms with Crippen molar-refractivity contribution in [1.82, 2.24) is 9.97 Å². The zero-order valence-electron chi connectivity index (χ0n) is 16.5. The monoisotopic (exact) mass is 402 g/mol. The van der Waals surface area contributed by atoms with Crippen molar-refractivity contribution in [2.24, 2.45) is 5.73 Å². The summed E-state index contributed by atoms with van der Waals surface area (Å²) >= 11 is 0. The molecule has 8 heteroatoms. The number of carbonyl (C=O) groups excluding carboxylic acids is 2. The largest absolute Gasteiger partial charge is 0.365 e. The summed E-state index contributed by atoms with van der Waals surface area (Å²) in [6.45, 7) is 1.45. The maximum Gasteiger partial charge on any atom is 0.254 e. The molecule has 0 saturated heterocycles. The van der Waals surface area contributed by atoms with Crippen LogP contribution in [0.4, 0.5) is 23.1 Å². The van der Waals surface area contributed by atoms with E-state index in [4.69, 9.17) is 5.73 Å². The highest BCUT2D eigenvalue weighted by atomic mass is 16.1. The van der Waals surface area contributed by atoms with E-state index in [0.717, 1.165) is 12.8 Å². The van der Waals surface area contributed by atoms with Crippen molar-refractivity contribution in [2.75, 3.05) is 16.0 Å². The summed E-state index contributed by atoms with van der Waals surface area (Å²) in [6, 6.07) is 15.5. The Morgan fingerprint density at radius 2 is 1.90 bits per heavy atom. The van der Waals surface area contributed by atoms with Crippen molar-refractivity contribution in [3.8, 4) is 0 Å². The van der Waals surface area contributed by atoms with Gasteiger partial charge in [0, 0.05) is 24.5 Å². The maximum atomic E-state index is 11.9. The van der Waals surface area contributed by atoms with Crippen LogP contribution >= 0.6 is 0 Å². The smallest absolute Gasteiger partial charge is 0.254 e.